The van der Waals surface area contributed by atoms with E-state index in [2.05, 4.69) is 51.7 Å². The maximum Gasteiger partial charge on any atom is 0.0924 e. The third-order valence-corrected chi connectivity index (χ3v) is 2.96. The third-order valence-electron chi connectivity index (χ3n) is 2.07. The second-order valence-electron chi connectivity index (χ2n) is 2.81. The summed E-state index contributed by atoms with van der Waals surface area (Å²) in [5.74, 6) is 0. The highest BCUT2D eigenvalue weighted by Crippen LogP contribution is 2.22. The van der Waals surface area contributed by atoms with E-state index in [1.165, 1.54) is 15.7 Å². The molecule has 0 amide bonds. The lowest BCUT2D eigenvalue weighted by molar-refractivity contribution is 1.08. The first kappa shape index (κ1) is 7.87. The third kappa shape index (κ3) is 1.07. The van der Waals surface area contributed by atoms with Gasteiger partial charge in [0.25, 0.3) is 0 Å². The molecule has 0 radical (unpaired) electrons. The van der Waals surface area contributed by atoms with E-state index in [1.54, 1.807) is 0 Å². The molecular formula is C10H10BrN. The lowest BCUT2D eigenvalue weighted by Crippen LogP contribution is -1.82. The Labute approximate surface area is 80.1 Å². The molecule has 0 saturated carbocycles. The van der Waals surface area contributed by atoms with E-state index in [0.29, 0.717) is 0 Å². The van der Waals surface area contributed by atoms with E-state index in [9.17, 15) is 0 Å². The van der Waals surface area contributed by atoms with E-state index in [1.807, 2.05) is 6.07 Å². The zero-order chi connectivity index (χ0) is 8.55. The monoisotopic (exact) mass is 223 g/mol. The van der Waals surface area contributed by atoms with Crippen LogP contribution in [0.15, 0.2) is 35.1 Å². The van der Waals surface area contributed by atoms with Crippen molar-refractivity contribution in [2.24, 2.45) is 0 Å². The van der Waals surface area contributed by atoms with Crippen LogP contribution < -0.4 is 0 Å². The van der Waals surface area contributed by atoms with E-state index in [0.717, 1.165) is 6.42 Å². The zero-order valence-corrected chi connectivity index (χ0v) is 8.51. The largest absolute Gasteiger partial charge is 0.311 e. The Kier molecular flexibility index (Phi) is 1.93. The number of aromatic nitrogens is 1. The molecule has 0 fully saturated rings. The maximum absolute atomic E-state index is 3.57. The molecule has 0 saturated heterocycles. The highest BCUT2D eigenvalue weighted by molar-refractivity contribution is 9.10. The predicted octanol–water partition coefficient (Wildman–Crippen LogP) is 3.26. The first-order chi connectivity index (χ1) is 5.83. The minimum atomic E-state index is 1.07. The molecule has 2 heteroatoms. The van der Waals surface area contributed by atoms with E-state index < -0.39 is 0 Å². The fourth-order valence-electron chi connectivity index (χ4n) is 1.39. The van der Waals surface area contributed by atoms with Crippen molar-refractivity contribution in [2.75, 3.05) is 0 Å². The molecule has 0 N–H and O–H groups in total. The molecule has 0 aromatic carbocycles. The van der Waals surface area contributed by atoms with Crippen LogP contribution in [0.5, 0.6) is 0 Å². The molecule has 2 aromatic rings. The molecule has 0 atom stereocenters. The molecule has 0 unspecified atom stereocenters. The first-order valence-corrected chi connectivity index (χ1v) is 4.86. The zero-order valence-electron chi connectivity index (χ0n) is 6.92. The van der Waals surface area contributed by atoms with Crippen molar-refractivity contribution in [3.05, 3.63) is 40.6 Å². The summed E-state index contributed by atoms with van der Waals surface area (Å²) < 4.78 is 3.33. The van der Waals surface area contributed by atoms with Gasteiger partial charge in [0.05, 0.1) is 4.60 Å². The molecule has 2 heterocycles. The Morgan fingerprint density at radius 1 is 1.42 bits per heavy atom. The van der Waals surface area contributed by atoms with Crippen molar-refractivity contribution in [2.45, 2.75) is 13.3 Å². The van der Waals surface area contributed by atoms with Crippen molar-refractivity contribution < 1.29 is 0 Å². The fraction of sp³-hybridized carbons (Fsp3) is 0.200. The van der Waals surface area contributed by atoms with Crippen molar-refractivity contribution in [1.82, 2.24) is 4.40 Å². The SMILES string of the molecule is CCc1cc2ccccn2c1Br. The van der Waals surface area contributed by atoms with Crippen LogP contribution in [0.2, 0.25) is 0 Å². The highest BCUT2D eigenvalue weighted by Gasteiger charge is 2.03. The Hall–Kier alpha value is -0.760. The molecule has 0 aliphatic carbocycles. The topological polar surface area (TPSA) is 4.41 Å². The molecule has 62 valence electrons. The molecule has 12 heavy (non-hydrogen) atoms. The van der Waals surface area contributed by atoms with Crippen LogP contribution in [0.3, 0.4) is 0 Å². The van der Waals surface area contributed by atoms with Gasteiger partial charge < -0.3 is 4.40 Å². The van der Waals surface area contributed by atoms with Crippen molar-refractivity contribution in [3.63, 3.8) is 0 Å². The normalized spacial score (nSPS) is 10.8. The number of nitrogens with zero attached hydrogens (tertiary/aromatic N) is 1. The van der Waals surface area contributed by atoms with Crippen molar-refractivity contribution in [1.29, 1.82) is 0 Å². The van der Waals surface area contributed by atoms with Gasteiger partial charge in [-0.3, -0.25) is 0 Å². The molecular weight excluding hydrogens is 214 g/mol. The van der Waals surface area contributed by atoms with Gasteiger partial charge in [-0.1, -0.05) is 13.0 Å². The number of aryl methyl sites for hydroxylation is 1. The van der Waals surface area contributed by atoms with Gasteiger partial charge in [0.15, 0.2) is 0 Å². The fourth-order valence-corrected chi connectivity index (χ4v) is 2.11. The van der Waals surface area contributed by atoms with Crippen LogP contribution in [0.25, 0.3) is 5.52 Å². The minimum Gasteiger partial charge on any atom is -0.311 e. The second-order valence-corrected chi connectivity index (χ2v) is 3.56. The van der Waals surface area contributed by atoms with Gasteiger partial charge in [-0.15, -0.1) is 0 Å². The lowest BCUT2D eigenvalue weighted by atomic mass is 10.2. The molecule has 2 aromatic heterocycles. The first-order valence-electron chi connectivity index (χ1n) is 4.07. The number of hydrogen-bond acceptors (Lipinski definition) is 0. The summed E-state index contributed by atoms with van der Waals surface area (Å²) in [6, 6.07) is 8.42. The summed E-state index contributed by atoms with van der Waals surface area (Å²) in [5, 5.41) is 0. The van der Waals surface area contributed by atoms with Crippen LogP contribution >= 0.6 is 15.9 Å². The smallest absolute Gasteiger partial charge is 0.0924 e. The van der Waals surface area contributed by atoms with Crippen molar-refractivity contribution in [3.8, 4) is 0 Å². The molecule has 0 aliphatic heterocycles. The Morgan fingerprint density at radius 2 is 2.25 bits per heavy atom. The van der Waals surface area contributed by atoms with Crippen LogP contribution in [0, 0.1) is 0 Å². The summed E-state index contributed by atoms with van der Waals surface area (Å²) in [5.41, 5.74) is 2.61. The van der Waals surface area contributed by atoms with Crippen molar-refractivity contribution >= 4 is 21.4 Å². The van der Waals surface area contributed by atoms with E-state index in [-0.39, 0.29) is 0 Å². The number of rotatable bonds is 1. The van der Waals surface area contributed by atoms with Gasteiger partial charge in [0.2, 0.25) is 0 Å². The average molecular weight is 224 g/mol. The lowest BCUT2D eigenvalue weighted by Gasteiger charge is -1.94. The number of pyridine rings is 1. The summed E-state index contributed by atoms with van der Waals surface area (Å²) in [4.78, 5) is 0. The van der Waals surface area contributed by atoms with Gasteiger partial charge in [-0.05, 0) is 46.1 Å². The average Bonchev–Trinajstić information content (AvgIpc) is 2.44. The molecule has 0 aliphatic rings. The van der Waals surface area contributed by atoms with E-state index >= 15 is 0 Å². The predicted molar refractivity (Wildman–Crippen MR) is 54.5 cm³/mol. The molecule has 2 rings (SSSR count). The van der Waals surface area contributed by atoms with E-state index in [4.69, 9.17) is 0 Å². The Balaban J connectivity index is 2.78. The minimum absolute atomic E-state index is 1.07. The Bertz CT molecular complexity index is 403. The number of fused-ring (bicyclic) bond motifs is 1. The van der Waals surface area contributed by atoms with Gasteiger partial charge in [0, 0.05) is 11.7 Å². The van der Waals surface area contributed by atoms with Gasteiger partial charge in [-0.25, -0.2) is 0 Å². The molecule has 0 spiro atoms. The summed E-state index contributed by atoms with van der Waals surface area (Å²) in [6.07, 6.45) is 3.14. The standard InChI is InChI=1S/C10H10BrN/c1-2-8-7-9-5-3-4-6-12(9)10(8)11/h3-7H,2H2,1H3. The molecule has 0 bridgehead atoms. The van der Waals surface area contributed by atoms with Gasteiger partial charge in [0.1, 0.15) is 0 Å². The Morgan fingerprint density at radius 3 is 2.92 bits per heavy atom. The molecule has 1 nitrogen and oxygen atoms in total. The summed E-state index contributed by atoms with van der Waals surface area (Å²) >= 11 is 3.57. The highest BCUT2D eigenvalue weighted by atomic mass is 79.9. The van der Waals surface area contributed by atoms with Crippen LogP contribution in [0.1, 0.15) is 12.5 Å². The van der Waals surface area contributed by atoms with Gasteiger partial charge in [-0.2, -0.15) is 0 Å². The maximum atomic E-state index is 3.57. The van der Waals surface area contributed by atoms with Gasteiger partial charge >= 0.3 is 0 Å². The second kappa shape index (κ2) is 2.94. The van der Waals surface area contributed by atoms with Crippen LogP contribution in [-0.2, 0) is 6.42 Å². The number of hydrogen-bond donors (Lipinski definition) is 0. The van der Waals surface area contributed by atoms with Crippen LogP contribution in [0.4, 0.5) is 0 Å². The van der Waals surface area contributed by atoms with Crippen LogP contribution in [-0.4, -0.2) is 4.40 Å². The quantitative estimate of drug-likeness (QED) is 0.700. The summed E-state index contributed by atoms with van der Waals surface area (Å²) in [7, 11) is 0. The number of halogens is 1. The summed E-state index contributed by atoms with van der Waals surface area (Å²) in [6.45, 7) is 2.17.